The summed E-state index contributed by atoms with van der Waals surface area (Å²) in [5.74, 6) is 0. The molecule has 0 aliphatic heterocycles. The number of pyridine rings is 2. The summed E-state index contributed by atoms with van der Waals surface area (Å²) in [6.07, 6.45) is 1.95. The molecular formula is C74H52N6. The third-order valence-corrected chi connectivity index (χ3v) is 16.6. The Kier molecular flexibility index (Phi) is 10.1. The number of hydrogen-bond acceptors (Lipinski definition) is 2. The van der Waals surface area contributed by atoms with Crippen LogP contribution in [0.15, 0.2) is 243 Å². The molecule has 0 N–H and O–H groups in total. The summed E-state index contributed by atoms with van der Waals surface area (Å²) < 4.78 is 10.3. The second kappa shape index (κ2) is 17.6. The van der Waals surface area contributed by atoms with Crippen LogP contribution in [0.4, 0.5) is 0 Å². The van der Waals surface area contributed by atoms with E-state index in [9.17, 15) is 0 Å². The predicted molar refractivity (Wildman–Crippen MR) is 335 cm³/mol. The first-order valence-electron chi connectivity index (χ1n) is 27.6. The fourth-order valence-electron chi connectivity index (χ4n) is 13.2. The molecule has 6 heteroatoms. The normalized spacial score (nSPS) is 12.0. The molecule has 10 aromatic carbocycles. The molecule has 6 nitrogen and oxygen atoms in total. The lowest BCUT2D eigenvalue weighted by atomic mass is 9.92. The molecule has 0 aliphatic carbocycles. The van der Waals surface area contributed by atoms with Crippen LogP contribution in [0.3, 0.4) is 0 Å². The second-order valence-corrected chi connectivity index (χ2v) is 21.6. The standard InChI is InChI=1S/C74H52N6/c1-45-32-36-65-54(41-45)50-21-8-12-28-61(50)77(65)71-69(59-25-16-17-40-75-59)72(78-62-29-13-9-22-51(62)55-42-46(2)33-37-66(55)78)74(80-64-31-15-11-24-53(64)57-44-48(4)35-39-68(57)80)73(70(71)60-27-18-26-58(76-60)49-19-6-5-7-20-49)79-63-30-14-10-23-52(63)56-43-47(3)34-38-67(56)79/h5-44H,1-4H3. The average molecular weight is 1030 g/mol. The molecule has 0 saturated carbocycles. The summed E-state index contributed by atoms with van der Waals surface area (Å²) in [6, 6.07) is 87.2. The molecule has 0 radical (unpaired) electrons. The summed E-state index contributed by atoms with van der Waals surface area (Å²) in [4.78, 5) is 11.5. The molecule has 378 valence electrons. The Morgan fingerprint density at radius 3 is 1.01 bits per heavy atom. The van der Waals surface area contributed by atoms with Crippen LogP contribution in [0.5, 0.6) is 0 Å². The van der Waals surface area contributed by atoms with Gasteiger partial charge in [-0.15, -0.1) is 0 Å². The van der Waals surface area contributed by atoms with Crippen LogP contribution >= 0.6 is 0 Å². The zero-order valence-corrected chi connectivity index (χ0v) is 44.8. The van der Waals surface area contributed by atoms with Crippen LogP contribution < -0.4 is 0 Å². The van der Waals surface area contributed by atoms with E-state index < -0.39 is 0 Å². The molecule has 0 atom stereocenters. The Labute approximate surface area is 462 Å². The topological polar surface area (TPSA) is 45.5 Å². The van der Waals surface area contributed by atoms with Gasteiger partial charge in [0.1, 0.15) is 0 Å². The molecule has 16 aromatic rings. The molecule has 0 unspecified atom stereocenters. The molecule has 6 aromatic heterocycles. The average Bonchev–Trinajstić information content (AvgIpc) is 4.37. The number of hydrogen-bond donors (Lipinski definition) is 0. The van der Waals surface area contributed by atoms with Crippen molar-refractivity contribution in [3.63, 3.8) is 0 Å². The fourth-order valence-corrected chi connectivity index (χ4v) is 13.2. The zero-order chi connectivity index (χ0) is 53.3. The minimum absolute atomic E-state index is 0.826. The lowest BCUT2D eigenvalue weighted by Crippen LogP contribution is -2.16. The van der Waals surface area contributed by atoms with Crippen molar-refractivity contribution in [1.29, 1.82) is 0 Å². The van der Waals surface area contributed by atoms with Crippen molar-refractivity contribution in [2.45, 2.75) is 27.7 Å². The van der Waals surface area contributed by atoms with E-state index in [0.29, 0.717) is 0 Å². The molecule has 0 amide bonds. The fraction of sp³-hybridized carbons (Fsp3) is 0.0541. The minimum atomic E-state index is 0.826. The van der Waals surface area contributed by atoms with Crippen LogP contribution in [0.1, 0.15) is 22.3 Å². The highest BCUT2D eigenvalue weighted by molar-refractivity contribution is 6.18. The highest BCUT2D eigenvalue weighted by Crippen LogP contribution is 2.54. The lowest BCUT2D eigenvalue weighted by Gasteiger charge is -2.31. The number of nitrogens with zero attached hydrogens (tertiary/aromatic N) is 6. The molecule has 0 saturated heterocycles. The van der Waals surface area contributed by atoms with Gasteiger partial charge in [0.25, 0.3) is 0 Å². The molecule has 6 heterocycles. The zero-order valence-electron chi connectivity index (χ0n) is 44.8. The van der Waals surface area contributed by atoms with Crippen molar-refractivity contribution >= 4 is 87.2 Å². The number of aryl methyl sites for hydroxylation is 4. The minimum Gasteiger partial charge on any atom is -0.308 e. The Hall–Kier alpha value is -10.3. The van der Waals surface area contributed by atoms with Gasteiger partial charge in [-0.1, -0.05) is 162 Å². The van der Waals surface area contributed by atoms with E-state index in [1.54, 1.807) is 0 Å². The van der Waals surface area contributed by atoms with Gasteiger partial charge in [-0.05, 0) is 125 Å². The van der Waals surface area contributed by atoms with Crippen LogP contribution in [0, 0.1) is 27.7 Å². The van der Waals surface area contributed by atoms with Crippen LogP contribution in [-0.2, 0) is 0 Å². The molecule has 80 heavy (non-hydrogen) atoms. The van der Waals surface area contributed by atoms with E-state index in [-0.39, 0.29) is 0 Å². The van der Waals surface area contributed by atoms with Gasteiger partial charge in [-0.2, -0.15) is 0 Å². The van der Waals surface area contributed by atoms with E-state index in [4.69, 9.17) is 9.97 Å². The smallest absolute Gasteiger partial charge is 0.0962 e. The summed E-state index contributed by atoms with van der Waals surface area (Å²) in [5, 5.41) is 9.40. The number of para-hydroxylation sites is 4. The number of aromatic nitrogens is 6. The predicted octanol–water partition coefficient (Wildman–Crippen LogP) is 19.1. The van der Waals surface area contributed by atoms with Gasteiger partial charge in [0.15, 0.2) is 0 Å². The van der Waals surface area contributed by atoms with Crippen LogP contribution in [0.25, 0.3) is 144 Å². The Morgan fingerprint density at radius 2 is 0.588 bits per heavy atom. The van der Waals surface area contributed by atoms with Crippen molar-refractivity contribution < 1.29 is 0 Å². The maximum absolute atomic E-state index is 5.94. The third-order valence-electron chi connectivity index (χ3n) is 16.6. The summed E-state index contributed by atoms with van der Waals surface area (Å²) in [7, 11) is 0. The van der Waals surface area contributed by atoms with Crippen molar-refractivity contribution in [3.8, 4) is 56.5 Å². The van der Waals surface area contributed by atoms with Crippen molar-refractivity contribution in [2.24, 2.45) is 0 Å². The SMILES string of the molecule is Cc1ccc2c(c1)c1ccccc1n2-c1c(-c2ccccn2)c(-n2c3ccccc3c3cc(C)ccc32)c(-n2c3ccccc3c3cc(C)ccc32)c(-n2c3ccccc3c3cc(C)ccc32)c1-c1cccc(-c2ccccc2)n1. The van der Waals surface area contributed by atoms with E-state index in [2.05, 4.69) is 276 Å². The van der Waals surface area contributed by atoms with Gasteiger partial charge in [0.2, 0.25) is 0 Å². The van der Waals surface area contributed by atoms with Crippen molar-refractivity contribution in [1.82, 2.24) is 28.2 Å². The first kappa shape index (κ1) is 45.9. The Morgan fingerprint density at radius 1 is 0.250 bits per heavy atom. The Balaban J connectivity index is 1.30. The van der Waals surface area contributed by atoms with Gasteiger partial charge in [0, 0.05) is 54.9 Å². The monoisotopic (exact) mass is 1020 g/mol. The number of rotatable bonds is 7. The lowest BCUT2D eigenvalue weighted by molar-refractivity contribution is 1.03. The first-order chi connectivity index (χ1) is 39.4. The second-order valence-electron chi connectivity index (χ2n) is 21.6. The van der Waals surface area contributed by atoms with Gasteiger partial charge >= 0.3 is 0 Å². The van der Waals surface area contributed by atoms with Gasteiger partial charge in [-0.25, -0.2) is 4.98 Å². The van der Waals surface area contributed by atoms with Crippen molar-refractivity contribution in [3.05, 3.63) is 265 Å². The van der Waals surface area contributed by atoms with E-state index in [0.717, 1.165) is 101 Å². The quantitative estimate of drug-likeness (QED) is 0.160. The summed E-state index contributed by atoms with van der Waals surface area (Å²) >= 11 is 0. The van der Waals surface area contributed by atoms with Crippen molar-refractivity contribution in [2.75, 3.05) is 0 Å². The molecule has 16 rings (SSSR count). The third kappa shape index (κ3) is 6.72. The highest BCUT2D eigenvalue weighted by atomic mass is 15.1. The van der Waals surface area contributed by atoms with Gasteiger partial charge in [-0.3, -0.25) is 4.98 Å². The largest absolute Gasteiger partial charge is 0.308 e. The van der Waals surface area contributed by atoms with E-state index in [1.807, 2.05) is 12.3 Å². The van der Waals surface area contributed by atoms with E-state index >= 15 is 0 Å². The molecule has 0 bridgehead atoms. The Bertz CT molecular complexity index is 5220. The summed E-state index contributed by atoms with van der Waals surface area (Å²) in [6.45, 7) is 8.80. The molecule has 0 fully saturated rings. The first-order valence-corrected chi connectivity index (χ1v) is 27.6. The molecule has 0 aliphatic rings. The number of fused-ring (bicyclic) bond motifs is 12. The van der Waals surface area contributed by atoms with E-state index in [1.165, 1.54) is 65.3 Å². The maximum Gasteiger partial charge on any atom is 0.0962 e. The van der Waals surface area contributed by atoms with Crippen LogP contribution in [-0.4, -0.2) is 28.2 Å². The molecular weight excluding hydrogens is 973 g/mol. The van der Waals surface area contributed by atoms with Gasteiger partial charge < -0.3 is 18.3 Å². The number of benzene rings is 10. The van der Waals surface area contributed by atoms with Crippen LogP contribution in [0.2, 0.25) is 0 Å². The summed E-state index contributed by atoms with van der Waals surface area (Å²) in [5.41, 5.74) is 23.0. The maximum atomic E-state index is 5.94. The molecule has 0 spiro atoms. The highest BCUT2D eigenvalue weighted by Gasteiger charge is 2.36. The van der Waals surface area contributed by atoms with Gasteiger partial charge in [0.05, 0.1) is 95.1 Å².